The molecule has 1 aromatic heterocycles. The second-order valence-electron chi connectivity index (χ2n) is 8.70. The van der Waals surface area contributed by atoms with Crippen molar-refractivity contribution in [3.05, 3.63) is 83.6 Å². The van der Waals surface area contributed by atoms with Gasteiger partial charge in [0.25, 0.3) is 0 Å². The number of hydrogen-bond acceptors (Lipinski definition) is 4. The van der Waals surface area contributed by atoms with E-state index in [0.717, 1.165) is 53.4 Å². The first kappa shape index (κ1) is 25.9. The third-order valence-corrected chi connectivity index (χ3v) is 6.74. The lowest BCUT2D eigenvalue weighted by molar-refractivity contribution is -0.117. The van der Waals surface area contributed by atoms with Crippen LogP contribution in [-0.2, 0) is 11.3 Å². The Labute approximate surface area is 222 Å². The minimum Gasteiger partial charge on any atom is -1.00 e. The molecule has 5 rings (SSSR count). The molecule has 1 saturated heterocycles. The van der Waals surface area contributed by atoms with Crippen LogP contribution in [0.3, 0.4) is 0 Å². The molecule has 0 saturated carbocycles. The van der Waals surface area contributed by atoms with Gasteiger partial charge >= 0.3 is 0 Å². The van der Waals surface area contributed by atoms with Crippen molar-refractivity contribution in [2.24, 2.45) is 0 Å². The first-order valence-electron chi connectivity index (χ1n) is 11.9. The molecular formula is C28H28Cl2N3O3-. The molecule has 0 bridgehead atoms. The third-order valence-electron chi connectivity index (χ3n) is 6.42. The number of hydrogen-bond donors (Lipinski definition) is 0. The number of carbonyl (C=O) groups excluding carboxylic acids is 1. The number of halogens is 2. The minimum absolute atomic E-state index is 0. The molecule has 6 nitrogen and oxygen atoms in total. The maximum atomic E-state index is 12.9. The van der Waals surface area contributed by atoms with Gasteiger partial charge in [-0.1, -0.05) is 35.9 Å². The second kappa shape index (κ2) is 11.7. The maximum absolute atomic E-state index is 12.9. The van der Waals surface area contributed by atoms with Crippen molar-refractivity contribution in [3.8, 4) is 11.5 Å². The van der Waals surface area contributed by atoms with Gasteiger partial charge in [-0.05, 0) is 61.4 Å². The Kier molecular flexibility index (Phi) is 8.39. The molecule has 0 radical (unpaired) electrons. The average molecular weight is 525 g/mol. The highest BCUT2D eigenvalue weighted by Crippen LogP contribution is 2.36. The van der Waals surface area contributed by atoms with Crippen LogP contribution in [-0.4, -0.2) is 35.7 Å². The lowest BCUT2D eigenvalue weighted by atomic mass is 10.1. The van der Waals surface area contributed by atoms with Crippen LogP contribution in [0.5, 0.6) is 11.5 Å². The number of fused-ring (bicyclic) bond motifs is 1. The fraction of sp³-hybridized carbons (Fsp3) is 0.286. The normalized spacial score (nSPS) is 15.2. The number of amides is 1. The summed E-state index contributed by atoms with van der Waals surface area (Å²) in [5.41, 5.74) is 2.82. The highest BCUT2D eigenvalue weighted by Gasteiger charge is 2.35. The fourth-order valence-corrected chi connectivity index (χ4v) is 4.90. The first-order valence-corrected chi connectivity index (χ1v) is 12.3. The van der Waals surface area contributed by atoms with Gasteiger partial charge in [0.05, 0.1) is 35.5 Å². The number of aromatic nitrogens is 2. The predicted octanol–water partition coefficient (Wildman–Crippen LogP) is 3.08. The van der Waals surface area contributed by atoms with Crippen LogP contribution in [0.15, 0.2) is 72.8 Å². The number of ether oxygens (including phenoxy) is 2. The van der Waals surface area contributed by atoms with Crippen molar-refractivity contribution in [2.75, 3.05) is 25.2 Å². The average Bonchev–Trinajstić information content (AvgIpc) is 3.45. The van der Waals surface area contributed by atoms with E-state index in [1.165, 1.54) is 0 Å². The summed E-state index contributed by atoms with van der Waals surface area (Å²) in [5.74, 6) is 2.71. The van der Waals surface area contributed by atoms with Crippen molar-refractivity contribution in [1.82, 2.24) is 9.55 Å². The number of imidazole rings is 1. The van der Waals surface area contributed by atoms with Crippen LogP contribution in [0.4, 0.5) is 5.69 Å². The number of anilines is 1. The van der Waals surface area contributed by atoms with Gasteiger partial charge in [0, 0.05) is 25.4 Å². The molecule has 0 aliphatic carbocycles. The van der Waals surface area contributed by atoms with E-state index in [-0.39, 0.29) is 24.2 Å². The monoisotopic (exact) mass is 524 g/mol. The number of nitrogens with zero attached hydrogens (tertiary/aromatic N) is 3. The molecule has 1 amide bonds. The molecule has 1 fully saturated rings. The number of para-hydroxylation sites is 3. The number of methoxy groups -OCH3 is 1. The Morgan fingerprint density at radius 3 is 2.47 bits per heavy atom. The summed E-state index contributed by atoms with van der Waals surface area (Å²) in [6, 6.07) is 23.3. The fourth-order valence-electron chi connectivity index (χ4n) is 4.66. The van der Waals surface area contributed by atoms with E-state index in [1.807, 2.05) is 66.7 Å². The van der Waals surface area contributed by atoms with Gasteiger partial charge in [0.1, 0.15) is 17.3 Å². The van der Waals surface area contributed by atoms with Crippen LogP contribution in [0, 0.1) is 0 Å². The molecule has 0 N–H and O–H groups in total. The standard InChI is InChI=1S/C28H28ClN3O3.ClH/c1-34-21-12-14-22(15-13-21)35-17-7-6-16-31-26-11-5-3-9-24(26)30-28(31)20-18-27(33)32(19-20)25-10-4-2-8-23(25)29;/h2-5,8-15,20H,6-7,16-19H2,1H3;1H/p-1. The first-order chi connectivity index (χ1) is 17.1. The molecule has 4 aromatic rings. The molecule has 8 heteroatoms. The Morgan fingerprint density at radius 2 is 1.69 bits per heavy atom. The summed E-state index contributed by atoms with van der Waals surface area (Å²) in [4.78, 5) is 19.7. The highest BCUT2D eigenvalue weighted by molar-refractivity contribution is 6.33. The SMILES string of the molecule is COc1ccc(OCCCCn2c(C3CC(=O)N(c4ccccc4Cl)C3)nc3ccccc32)cc1.[Cl-]. The summed E-state index contributed by atoms with van der Waals surface area (Å²) in [6.45, 7) is 2.03. The number of carbonyl (C=O) groups is 1. The smallest absolute Gasteiger partial charge is 0.227 e. The van der Waals surface area contributed by atoms with Crippen molar-refractivity contribution in [3.63, 3.8) is 0 Å². The predicted molar refractivity (Wildman–Crippen MR) is 139 cm³/mol. The zero-order valence-corrected chi connectivity index (χ0v) is 21.6. The summed E-state index contributed by atoms with van der Waals surface area (Å²) >= 11 is 6.38. The summed E-state index contributed by atoms with van der Waals surface area (Å²) in [7, 11) is 1.65. The van der Waals surface area contributed by atoms with Gasteiger partial charge in [-0.3, -0.25) is 4.79 Å². The van der Waals surface area contributed by atoms with Gasteiger partial charge in [-0.25, -0.2) is 4.98 Å². The van der Waals surface area contributed by atoms with E-state index < -0.39 is 0 Å². The second-order valence-corrected chi connectivity index (χ2v) is 9.11. The zero-order chi connectivity index (χ0) is 24.2. The molecule has 2 heterocycles. The van der Waals surface area contributed by atoms with Gasteiger partial charge in [0.2, 0.25) is 5.91 Å². The third kappa shape index (κ3) is 5.45. The van der Waals surface area contributed by atoms with E-state index in [0.29, 0.717) is 24.6 Å². The number of rotatable bonds is 9. The molecule has 36 heavy (non-hydrogen) atoms. The highest BCUT2D eigenvalue weighted by atomic mass is 35.5. The van der Waals surface area contributed by atoms with Gasteiger partial charge in [-0.2, -0.15) is 0 Å². The lowest BCUT2D eigenvalue weighted by Crippen LogP contribution is -3.00. The van der Waals surface area contributed by atoms with Crippen LogP contribution in [0.1, 0.15) is 31.0 Å². The van der Waals surface area contributed by atoms with Crippen molar-refractivity contribution >= 4 is 34.2 Å². The Morgan fingerprint density at radius 1 is 0.972 bits per heavy atom. The largest absolute Gasteiger partial charge is 1.00 e. The number of benzene rings is 3. The van der Waals surface area contributed by atoms with Gasteiger partial charge < -0.3 is 31.3 Å². The summed E-state index contributed by atoms with van der Waals surface area (Å²) < 4.78 is 13.4. The van der Waals surface area contributed by atoms with E-state index in [4.69, 9.17) is 26.1 Å². The number of unbranched alkanes of at least 4 members (excludes halogenated alkanes) is 1. The molecule has 3 aromatic carbocycles. The maximum Gasteiger partial charge on any atom is 0.227 e. The van der Waals surface area contributed by atoms with E-state index in [1.54, 1.807) is 12.0 Å². The van der Waals surface area contributed by atoms with E-state index in [9.17, 15) is 4.79 Å². The van der Waals surface area contributed by atoms with Gasteiger partial charge in [0.15, 0.2) is 0 Å². The Balaban J connectivity index is 0.00000304. The van der Waals surface area contributed by atoms with E-state index in [2.05, 4.69) is 10.6 Å². The topological polar surface area (TPSA) is 56.6 Å². The molecule has 1 unspecified atom stereocenters. The summed E-state index contributed by atoms with van der Waals surface area (Å²) in [5, 5.41) is 0.590. The van der Waals surface area contributed by atoms with E-state index >= 15 is 0 Å². The van der Waals surface area contributed by atoms with Crippen LogP contribution in [0.25, 0.3) is 11.0 Å². The zero-order valence-electron chi connectivity index (χ0n) is 20.1. The van der Waals surface area contributed by atoms with Crippen molar-refractivity contribution in [2.45, 2.75) is 31.7 Å². The quantitative estimate of drug-likeness (QED) is 0.316. The lowest BCUT2D eigenvalue weighted by Gasteiger charge is -2.18. The molecule has 188 valence electrons. The molecule has 1 aliphatic heterocycles. The van der Waals surface area contributed by atoms with Crippen molar-refractivity contribution < 1.29 is 26.7 Å². The van der Waals surface area contributed by atoms with Crippen LogP contribution < -0.4 is 26.8 Å². The Bertz CT molecular complexity index is 1320. The van der Waals surface area contributed by atoms with Crippen LogP contribution in [0.2, 0.25) is 5.02 Å². The van der Waals surface area contributed by atoms with Crippen LogP contribution >= 0.6 is 11.6 Å². The molecule has 1 aliphatic rings. The molecular weight excluding hydrogens is 497 g/mol. The Hall–Kier alpha value is -3.22. The molecule has 0 spiro atoms. The van der Waals surface area contributed by atoms with Crippen molar-refractivity contribution in [1.29, 1.82) is 0 Å². The number of aryl methyl sites for hydroxylation is 1. The van der Waals surface area contributed by atoms with Gasteiger partial charge in [-0.15, -0.1) is 0 Å². The molecule has 1 atom stereocenters. The summed E-state index contributed by atoms with van der Waals surface area (Å²) in [6.07, 6.45) is 2.28. The minimum atomic E-state index is 0.